The van der Waals surface area contributed by atoms with Crippen LogP contribution in [0.4, 0.5) is 0 Å². The fourth-order valence-corrected chi connectivity index (χ4v) is 2.01. The predicted molar refractivity (Wildman–Crippen MR) is 46.3 cm³/mol. The summed E-state index contributed by atoms with van der Waals surface area (Å²) in [6.07, 6.45) is 3.90. The first-order valence-electron chi connectivity index (χ1n) is 4.24. The molecule has 3 rings (SSSR count). The van der Waals surface area contributed by atoms with Gasteiger partial charge in [-0.15, -0.1) is 0 Å². The molecule has 11 heavy (non-hydrogen) atoms. The molecule has 0 saturated carbocycles. The van der Waals surface area contributed by atoms with E-state index in [-0.39, 0.29) is 0 Å². The van der Waals surface area contributed by atoms with Crippen molar-refractivity contribution in [3.63, 3.8) is 0 Å². The maximum Gasteiger partial charge on any atom is -0.00551 e. The molecule has 0 aliphatic heterocycles. The molecule has 54 valence electrons. The van der Waals surface area contributed by atoms with Crippen LogP contribution in [0, 0.1) is 0 Å². The average molecular weight is 142 g/mol. The van der Waals surface area contributed by atoms with Crippen LogP contribution >= 0.6 is 0 Å². The van der Waals surface area contributed by atoms with Crippen molar-refractivity contribution in [1.82, 2.24) is 0 Å². The van der Waals surface area contributed by atoms with E-state index in [0.717, 1.165) is 0 Å². The second-order valence-corrected chi connectivity index (χ2v) is 3.42. The van der Waals surface area contributed by atoms with Gasteiger partial charge < -0.3 is 0 Å². The maximum atomic E-state index is 2.26. The van der Waals surface area contributed by atoms with E-state index in [1.165, 1.54) is 24.8 Å². The van der Waals surface area contributed by atoms with Crippen molar-refractivity contribution >= 4 is 5.57 Å². The third kappa shape index (κ3) is 0.697. The van der Waals surface area contributed by atoms with Crippen molar-refractivity contribution in [2.75, 3.05) is 0 Å². The molecule has 0 bridgehead atoms. The number of allylic oxidation sites excluding steroid dienone is 2. The Hall–Kier alpha value is -1.04. The summed E-state index contributed by atoms with van der Waals surface area (Å²) in [4.78, 5) is 0. The minimum absolute atomic E-state index is 1.27. The lowest BCUT2D eigenvalue weighted by atomic mass is 9.98. The van der Waals surface area contributed by atoms with Gasteiger partial charge in [0, 0.05) is 0 Å². The van der Waals surface area contributed by atoms with Crippen LogP contribution in [0.25, 0.3) is 5.57 Å². The van der Waals surface area contributed by atoms with Crippen molar-refractivity contribution in [2.45, 2.75) is 19.3 Å². The number of fused-ring (bicyclic) bond motifs is 2. The molecule has 0 N–H and O–H groups in total. The summed E-state index contributed by atoms with van der Waals surface area (Å²) in [6, 6.07) is 8.81. The summed E-state index contributed by atoms with van der Waals surface area (Å²) in [6.45, 7) is 0. The summed E-state index contributed by atoms with van der Waals surface area (Å²) in [5, 5.41) is 0. The van der Waals surface area contributed by atoms with Crippen molar-refractivity contribution in [1.29, 1.82) is 0 Å². The topological polar surface area (TPSA) is 0 Å². The Bertz CT molecular complexity index is 345. The summed E-state index contributed by atoms with van der Waals surface area (Å²) in [5.41, 5.74) is 6.45. The number of aryl methyl sites for hydroxylation is 1. The third-order valence-corrected chi connectivity index (χ3v) is 2.73. The molecule has 0 radical (unpaired) electrons. The Balaban J connectivity index is 2.25. The summed E-state index contributed by atoms with van der Waals surface area (Å²) in [7, 11) is 0. The van der Waals surface area contributed by atoms with E-state index in [1.54, 1.807) is 16.7 Å². The predicted octanol–water partition coefficient (Wildman–Crippen LogP) is 2.79. The highest BCUT2D eigenvalue weighted by Gasteiger charge is 2.27. The van der Waals surface area contributed by atoms with Gasteiger partial charge in [-0.05, 0) is 36.0 Å². The van der Waals surface area contributed by atoms with Gasteiger partial charge in [0.1, 0.15) is 0 Å². The molecule has 0 spiro atoms. The second-order valence-electron chi connectivity index (χ2n) is 3.42. The Morgan fingerprint density at radius 1 is 1.00 bits per heavy atom. The van der Waals surface area contributed by atoms with Crippen LogP contribution < -0.4 is 0 Å². The molecule has 0 atom stereocenters. The van der Waals surface area contributed by atoms with Gasteiger partial charge >= 0.3 is 0 Å². The molecule has 1 aromatic carbocycles. The number of benzene rings is 1. The van der Waals surface area contributed by atoms with Gasteiger partial charge in [0.25, 0.3) is 0 Å². The lowest BCUT2D eigenvalue weighted by Crippen LogP contribution is -1.91. The molecule has 1 aromatic rings. The molecule has 0 fully saturated rings. The first-order valence-corrected chi connectivity index (χ1v) is 4.24. The zero-order chi connectivity index (χ0) is 7.26. The highest BCUT2D eigenvalue weighted by molar-refractivity contribution is 5.85. The quantitative estimate of drug-likeness (QED) is 0.522. The summed E-state index contributed by atoms with van der Waals surface area (Å²) in [5.74, 6) is 0. The van der Waals surface area contributed by atoms with E-state index >= 15 is 0 Å². The fraction of sp³-hybridized carbons (Fsp3) is 0.273. The Morgan fingerprint density at radius 2 is 1.91 bits per heavy atom. The lowest BCUT2D eigenvalue weighted by Gasteiger charge is -2.07. The molecular formula is C11H10. The van der Waals surface area contributed by atoms with E-state index in [9.17, 15) is 0 Å². The smallest absolute Gasteiger partial charge is 0.00551 e. The largest absolute Gasteiger partial charge is 0.0620 e. The van der Waals surface area contributed by atoms with Crippen LogP contribution in [-0.2, 0) is 6.42 Å². The molecule has 0 amide bonds. The molecule has 0 heteroatoms. The molecule has 2 aliphatic carbocycles. The van der Waals surface area contributed by atoms with Gasteiger partial charge in [-0.3, -0.25) is 0 Å². The lowest BCUT2D eigenvalue weighted by molar-refractivity contribution is 0.961. The van der Waals surface area contributed by atoms with E-state index < -0.39 is 0 Å². The van der Waals surface area contributed by atoms with Gasteiger partial charge in [0.05, 0.1) is 0 Å². The average Bonchev–Trinajstić information content (AvgIpc) is 2.83. The van der Waals surface area contributed by atoms with Crippen LogP contribution in [-0.4, -0.2) is 0 Å². The highest BCUT2D eigenvalue weighted by atomic mass is 14.3. The number of hydrogen-bond donors (Lipinski definition) is 0. The van der Waals surface area contributed by atoms with Crippen molar-refractivity contribution in [3.05, 3.63) is 41.0 Å². The maximum absolute atomic E-state index is 2.26. The zero-order valence-corrected chi connectivity index (χ0v) is 6.43. The SMILES string of the molecule is c1ccc2c(c1)CCC1=C2C1. The molecular weight excluding hydrogens is 132 g/mol. The van der Waals surface area contributed by atoms with Crippen molar-refractivity contribution < 1.29 is 0 Å². The molecule has 0 heterocycles. The number of rotatable bonds is 0. The fourth-order valence-electron chi connectivity index (χ4n) is 2.01. The second kappa shape index (κ2) is 1.76. The molecule has 0 nitrogen and oxygen atoms in total. The van der Waals surface area contributed by atoms with Crippen LogP contribution in [0.15, 0.2) is 29.8 Å². The molecule has 0 saturated heterocycles. The standard InChI is InChI=1S/C11H10/c1-2-4-10-8(3-1)5-6-9-7-11(9)10/h1-4H,5-7H2. The minimum Gasteiger partial charge on any atom is -0.0620 e. The van der Waals surface area contributed by atoms with Gasteiger partial charge in [0.15, 0.2) is 0 Å². The van der Waals surface area contributed by atoms with Crippen molar-refractivity contribution in [3.8, 4) is 0 Å². The van der Waals surface area contributed by atoms with Crippen LogP contribution in [0.2, 0.25) is 0 Å². The minimum atomic E-state index is 1.27. The van der Waals surface area contributed by atoms with Gasteiger partial charge in [-0.1, -0.05) is 29.8 Å². The summed E-state index contributed by atoms with van der Waals surface area (Å²) < 4.78 is 0. The van der Waals surface area contributed by atoms with E-state index in [0.29, 0.717) is 0 Å². The third-order valence-electron chi connectivity index (χ3n) is 2.73. The Kier molecular flexibility index (Phi) is 0.894. The number of hydrogen-bond acceptors (Lipinski definition) is 0. The van der Waals surface area contributed by atoms with Crippen molar-refractivity contribution in [2.24, 2.45) is 0 Å². The zero-order valence-electron chi connectivity index (χ0n) is 6.43. The molecule has 0 aromatic heterocycles. The highest BCUT2D eigenvalue weighted by Crippen LogP contribution is 2.47. The van der Waals surface area contributed by atoms with E-state index in [2.05, 4.69) is 24.3 Å². The van der Waals surface area contributed by atoms with Crippen LogP contribution in [0.5, 0.6) is 0 Å². The molecule has 2 aliphatic rings. The Morgan fingerprint density at radius 3 is 2.91 bits per heavy atom. The van der Waals surface area contributed by atoms with E-state index in [4.69, 9.17) is 0 Å². The Labute approximate surface area is 66.6 Å². The molecule has 0 unspecified atom stereocenters. The van der Waals surface area contributed by atoms with Crippen LogP contribution in [0.3, 0.4) is 0 Å². The summed E-state index contributed by atoms with van der Waals surface area (Å²) >= 11 is 0. The van der Waals surface area contributed by atoms with Crippen LogP contribution in [0.1, 0.15) is 24.0 Å². The van der Waals surface area contributed by atoms with E-state index in [1.807, 2.05) is 0 Å². The first kappa shape index (κ1) is 5.59. The monoisotopic (exact) mass is 142 g/mol. The van der Waals surface area contributed by atoms with Gasteiger partial charge in [-0.2, -0.15) is 0 Å². The normalized spacial score (nSPS) is 19.3. The first-order chi connectivity index (χ1) is 5.45. The van der Waals surface area contributed by atoms with Gasteiger partial charge in [-0.25, -0.2) is 0 Å². The van der Waals surface area contributed by atoms with Gasteiger partial charge in [0.2, 0.25) is 0 Å².